The predicted molar refractivity (Wildman–Crippen MR) is 88.0 cm³/mol. The van der Waals surface area contributed by atoms with Crippen LogP contribution in [0.15, 0.2) is 42.5 Å². The number of hydrogen-bond acceptors (Lipinski definition) is 2. The Balaban J connectivity index is 0.000000704. The molecule has 0 saturated carbocycles. The average Bonchev–Trinajstić information content (AvgIpc) is 2.49. The Labute approximate surface area is 122 Å². The summed E-state index contributed by atoms with van der Waals surface area (Å²) >= 11 is 0. The normalized spacial score (nSPS) is 17.4. The predicted octanol–water partition coefficient (Wildman–Crippen LogP) is 3.49. The summed E-state index contributed by atoms with van der Waals surface area (Å²) in [5, 5.41) is 5.99. The minimum Gasteiger partial charge on any atom is -0.325 e. The lowest BCUT2D eigenvalue weighted by atomic mass is 9.83. The third-order valence-electron chi connectivity index (χ3n) is 3.97. The Bertz CT molecular complexity index is 542. The molecule has 0 unspecified atom stereocenters. The van der Waals surface area contributed by atoms with Gasteiger partial charge >= 0.3 is 0 Å². The van der Waals surface area contributed by atoms with Gasteiger partial charge in [0.1, 0.15) is 0 Å². The lowest BCUT2D eigenvalue weighted by Crippen LogP contribution is -2.50. The van der Waals surface area contributed by atoms with Gasteiger partial charge in [-0.2, -0.15) is 0 Å². The zero-order valence-electron chi connectivity index (χ0n) is 12.7. The van der Waals surface area contributed by atoms with Crippen molar-refractivity contribution in [2.45, 2.75) is 38.6 Å². The smallest absolute Gasteiger partial charge is 0.0219 e. The summed E-state index contributed by atoms with van der Waals surface area (Å²) in [4.78, 5) is 0. The molecule has 0 aromatic heterocycles. The highest BCUT2D eigenvalue weighted by Gasteiger charge is 2.27. The fourth-order valence-electron chi connectivity index (χ4n) is 2.86. The first-order chi connectivity index (χ1) is 9.75. The van der Waals surface area contributed by atoms with E-state index in [2.05, 4.69) is 47.8 Å². The van der Waals surface area contributed by atoms with Crippen LogP contribution in [-0.2, 0) is 6.42 Å². The van der Waals surface area contributed by atoms with Crippen LogP contribution in [0.25, 0.3) is 10.8 Å². The molecule has 3 rings (SSSR count). The quantitative estimate of drug-likeness (QED) is 0.876. The van der Waals surface area contributed by atoms with Crippen LogP contribution < -0.4 is 11.1 Å². The summed E-state index contributed by atoms with van der Waals surface area (Å²) in [5.74, 6) is 0. The fourth-order valence-corrected chi connectivity index (χ4v) is 2.86. The van der Waals surface area contributed by atoms with Crippen LogP contribution in [0.5, 0.6) is 0 Å². The van der Waals surface area contributed by atoms with Crippen LogP contribution >= 0.6 is 0 Å². The molecule has 0 spiro atoms. The molecule has 1 aliphatic rings. The fraction of sp³-hybridized carbons (Fsp3) is 0.444. The van der Waals surface area contributed by atoms with E-state index in [0.717, 1.165) is 32.4 Å². The van der Waals surface area contributed by atoms with Crippen LogP contribution in [0.3, 0.4) is 0 Å². The molecule has 2 aromatic rings. The van der Waals surface area contributed by atoms with Crippen LogP contribution in [0.1, 0.15) is 32.3 Å². The maximum atomic E-state index is 6.50. The highest BCUT2D eigenvalue weighted by Crippen LogP contribution is 2.23. The molecule has 0 amide bonds. The standard InChI is InChI=1S/C16H20N2.C2H6/c17-16(7-9-18-10-8-16)12-13-5-6-14-3-1-2-4-15(14)11-13;1-2/h1-6,11,18H,7-10,12,17H2;1-2H3. The molecule has 1 aliphatic heterocycles. The first-order valence-corrected chi connectivity index (χ1v) is 7.73. The molecule has 108 valence electrons. The number of hydrogen-bond donors (Lipinski definition) is 2. The molecule has 0 aliphatic carbocycles. The lowest BCUT2D eigenvalue weighted by Gasteiger charge is -2.34. The van der Waals surface area contributed by atoms with Gasteiger partial charge in [0.05, 0.1) is 0 Å². The zero-order chi connectivity index (χ0) is 14.4. The minimum absolute atomic E-state index is 0.0201. The first kappa shape index (κ1) is 15.0. The van der Waals surface area contributed by atoms with Crippen molar-refractivity contribution < 1.29 is 0 Å². The summed E-state index contributed by atoms with van der Waals surface area (Å²) in [7, 11) is 0. The van der Waals surface area contributed by atoms with Crippen LogP contribution in [0.2, 0.25) is 0 Å². The summed E-state index contributed by atoms with van der Waals surface area (Å²) in [5.41, 5.74) is 7.83. The van der Waals surface area contributed by atoms with Crippen molar-refractivity contribution in [2.75, 3.05) is 13.1 Å². The molecule has 2 heteroatoms. The van der Waals surface area contributed by atoms with E-state index in [1.807, 2.05) is 13.8 Å². The number of benzene rings is 2. The van der Waals surface area contributed by atoms with Gasteiger partial charge < -0.3 is 11.1 Å². The Morgan fingerprint density at radius 1 is 1.00 bits per heavy atom. The number of piperidine rings is 1. The molecule has 1 saturated heterocycles. The Hall–Kier alpha value is -1.38. The van der Waals surface area contributed by atoms with Crippen molar-refractivity contribution in [3.8, 4) is 0 Å². The van der Waals surface area contributed by atoms with Crippen molar-refractivity contribution in [3.63, 3.8) is 0 Å². The van der Waals surface area contributed by atoms with Gasteiger partial charge in [0.25, 0.3) is 0 Å². The number of nitrogens with two attached hydrogens (primary N) is 1. The third-order valence-corrected chi connectivity index (χ3v) is 3.97. The van der Waals surface area contributed by atoms with Crippen LogP contribution in [0, 0.1) is 0 Å². The van der Waals surface area contributed by atoms with Gasteiger partial charge in [0.15, 0.2) is 0 Å². The highest BCUT2D eigenvalue weighted by atomic mass is 14.9. The van der Waals surface area contributed by atoms with Gasteiger partial charge in [-0.05, 0) is 48.7 Å². The second-order valence-electron chi connectivity index (χ2n) is 5.47. The SMILES string of the molecule is CC.NC1(Cc2ccc3ccccc3c2)CCNCC1. The molecule has 2 aromatic carbocycles. The van der Waals surface area contributed by atoms with Crippen molar-refractivity contribution in [3.05, 3.63) is 48.0 Å². The summed E-state index contributed by atoms with van der Waals surface area (Å²) in [6.45, 7) is 6.09. The highest BCUT2D eigenvalue weighted by molar-refractivity contribution is 5.83. The van der Waals surface area contributed by atoms with E-state index in [4.69, 9.17) is 5.73 Å². The van der Waals surface area contributed by atoms with E-state index in [1.54, 1.807) is 0 Å². The topological polar surface area (TPSA) is 38.0 Å². The second-order valence-corrected chi connectivity index (χ2v) is 5.47. The Kier molecular flexibility index (Phi) is 5.16. The van der Waals surface area contributed by atoms with Gasteiger partial charge in [-0.1, -0.05) is 56.3 Å². The van der Waals surface area contributed by atoms with Crippen molar-refractivity contribution in [1.82, 2.24) is 5.32 Å². The van der Waals surface area contributed by atoms with Crippen molar-refractivity contribution in [1.29, 1.82) is 0 Å². The van der Waals surface area contributed by atoms with Gasteiger partial charge in [0, 0.05) is 5.54 Å². The van der Waals surface area contributed by atoms with Gasteiger partial charge in [0.2, 0.25) is 0 Å². The van der Waals surface area contributed by atoms with Gasteiger partial charge in [-0.3, -0.25) is 0 Å². The Morgan fingerprint density at radius 2 is 1.65 bits per heavy atom. The van der Waals surface area contributed by atoms with E-state index in [9.17, 15) is 0 Å². The van der Waals surface area contributed by atoms with E-state index >= 15 is 0 Å². The molecular formula is C18H26N2. The van der Waals surface area contributed by atoms with E-state index in [-0.39, 0.29) is 5.54 Å². The maximum Gasteiger partial charge on any atom is 0.0219 e. The molecule has 20 heavy (non-hydrogen) atoms. The summed E-state index contributed by atoms with van der Waals surface area (Å²) in [6, 6.07) is 15.2. The number of nitrogens with one attached hydrogen (secondary N) is 1. The number of rotatable bonds is 2. The van der Waals surface area contributed by atoms with Crippen LogP contribution in [0.4, 0.5) is 0 Å². The maximum absolute atomic E-state index is 6.50. The molecule has 0 radical (unpaired) electrons. The largest absolute Gasteiger partial charge is 0.325 e. The Morgan fingerprint density at radius 3 is 2.35 bits per heavy atom. The zero-order valence-corrected chi connectivity index (χ0v) is 12.7. The molecule has 3 N–H and O–H groups in total. The second kappa shape index (κ2) is 6.87. The van der Waals surface area contributed by atoms with Gasteiger partial charge in [-0.15, -0.1) is 0 Å². The average molecular weight is 270 g/mol. The van der Waals surface area contributed by atoms with Gasteiger partial charge in [-0.25, -0.2) is 0 Å². The third kappa shape index (κ3) is 3.59. The molecule has 0 atom stereocenters. The van der Waals surface area contributed by atoms with E-state index in [1.165, 1.54) is 16.3 Å². The minimum atomic E-state index is -0.0201. The van der Waals surface area contributed by atoms with Crippen molar-refractivity contribution >= 4 is 10.8 Å². The van der Waals surface area contributed by atoms with Crippen molar-refractivity contribution in [2.24, 2.45) is 5.73 Å². The first-order valence-electron chi connectivity index (χ1n) is 7.73. The van der Waals surface area contributed by atoms with E-state index < -0.39 is 0 Å². The van der Waals surface area contributed by atoms with E-state index in [0.29, 0.717) is 0 Å². The molecule has 2 nitrogen and oxygen atoms in total. The number of fused-ring (bicyclic) bond motifs is 1. The molecule has 0 bridgehead atoms. The van der Waals surface area contributed by atoms with Crippen LogP contribution in [-0.4, -0.2) is 18.6 Å². The molecular weight excluding hydrogens is 244 g/mol. The monoisotopic (exact) mass is 270 g/mol. The lowest BCUT2D eigenvalue weighted by molar-refractivity contribution is 0.308. The summed E-state index contributed by atoms with van der Waals surface area (Å²) in [6.07, 6.45) is 3.12. The summed E-state index contributed by atoms with van der Waals surface area (Å²) < 4.78 is 0. The molecule has 1 fully saturated rings. The molecule has 1 heterocycles.